The molecule has 0 unspecified atom stereocenters. The Bertz CT molecular complexity index is 2370. The molecule has 3 heterocycles. The van der Waals surface area contributed by atoms with Gasteiger partial charge in [0.15, 0.2) is 0 Å². The summed E-state index contributed by atoms with van der Waals surface area (Å²) in [4.78, 5) is 2.48. The predicted octanol–water partition coefficient (Wildman–Crippen LogP) is 8.22. The molecule has 3 heteroatoms. The zero-order valence-electron chi connectivity index (χ0n) is 23.4. The summed E-state index contributed by atoms with van der Waals surface area (Å²) in [7, 11) is 0. The van der Waals surface area contributed by atoms with E-state index in [1.54, 1.807) is 0 Å². The van der Waals surface area contributed by atoms with Gasteiger partial charge < -0.3 is 9.47 Å². The van der Waals surface area contributed by atoms with Gasteiger partial charge in [-0.15, -0.1) is 0 Å². The molecule has 8 aromatic rings. The lowest BCUT2D eigenvalue weighted by Gasteiger charge is -2.36. The first-order valence-electron chi connectivity index (χ1n) is 15.0. The monoisotopic (exact) mass is 544 g/mol. The summed E-state index contributed by atoms with van der Waals surface area (Å²) < 4.78 is 2.43. The van der Waals surface area contributed by atoms with Crippen molar-refractivity contribution >= 4 is 72.7 Å². The van der Waals surface area contributed by atoms with E-state index in [2.05, 4.69) is 161 Å². The van der Waals surface area contributed by atoms with Crippen molar-refractivity contribution in [3.05, 3.63) is 152 Å². The van der Waals surface area contributed by atoms with Gasteiger partial charge in [-0.2, -0.15) is 0 Å². The molecule has 2 aliphatic rings. The van der Waals surface area contributed by atoms with Gasteiger partial charge in [0.2, 0.25) is 6.71 Å². The highest BCUT2D eigenvalue weighted by atomic mass is 15.2. The van der Waals surface area contributed by atoms with Crippen LogP contribution in [0.1, 0.15) is 0 Å². The zero-order valence-corrected chi connectivity index (χ0v) is 23.4. The minimum absolute atomic E-state index is 0.188. The van der Waals surface area contributed by atoms with Gasteiger partial charge in [-0.3, -0.25) is 0 Å². The second-order valence-electron chi connectivity index (χ2n) is 11.7. The number of anilines is 3. The fourth-order valence-corrected chi connectivity index (χ4v) is 7.87. The molecule has 0 saturated carbocycles. The molecular formula is C40H25BN2. The van der Waals surface area contributed by atoms with Crippen LogP contribution in [-0.4, -0.2) is 11.3 Å². The van der Waals surface area contributed by atoms with Crippen LogP contribution in [0, 0.1) is 0 Å². The Morgan fingerprint density at radius 3 is 1.91 bits per heavy atom. The summed E-state index contributed by atoms with van der Waals surface area (Å²) in [5, 5.41) is 5.18. The first-order chi connectivity index (χ1) is 21.4. The van der Waals surface area contributed by atoms with Crippen molar-refractivity contribution in [1.82, 2.24) is 4.57 Å². The van der Waals surface area contributed by atoms with Gasteiger partial charge in [0, 0.05) is 33.5 Å². The predicted molar refractivity (Wildman–Crippen MR) is 183 cm³/mol. The fraction of sp³-hybridized carbons (Fsp3) is 0. The van der Waals surface area contributed by atoms with Crippen molar-refractivity contribution in [2.45, 2.75) is 0 Å². The van der Waals surface area contributed by atoms with Gasteiger partial charge >= 0.3 is 0 Å². The van der Waals surface area contributed by atoms with Crippen molar-refractivity contribution < 1.29 is 0 Å². The van der Waals surface area contributed by atoms with E-state index in [1.807, 2.05) is 0 Å². The van der Waals surface area contributed by atoms with Crippen LogP contribution in [-0.2, 0) is 0 Å². The summed E-state index contributed by atoms with van der Waals surface area (Å²) >= 11 is 0. The molecule has 1 aromatic heterocycles. The molecule has 0 bridgehead atoms. The third-order valence-corrected chi connectivity index (χ3v) is 9.57. The lowest BCUT2D eigenvalue weighted by Crippen LogP contribution is -2.54. The maximum Gasteiger partial charge on any atom is 0.248 e. The minimum atomic E-state index is 0.188. The lowest BCUT2D eigenvalue weighted by molar-refractivity contribution is 1.17. The van der Waals surface area contributed by atoms with Crippen LogP contribution in [0.4, 0.5) is 17.1 Å². The first kappa shape index (κ1) is 23.1. The molecule has 7 aromatic carbocycles. The van der Waals surface area contributed by atoms with Crippen molar-refractivity contribution in [2.24, 2.45) is 0 Å². The van der Waals surface area contributed by atoms with Crippen LogP contribution >= 0.6 is 0 Å². The second kappa shape index (κ2) is 8.50. The molecule has 2 aliphatic heterocycles. The normalized spacial score (nSPS) is 13.0. The molecule has 0 radical (unpaired) electrons. The molecule has 0 aliphatic carbocycles. The van der Waals surface area contributed by atoms with Crippen LogP contribution in [0.5, 0.6) is 0 Å². The van der Waals surface area contributed by atoms with Crippen molar-refractivity contribution in [3.63, 3.8) is 0 Å². The Balaban J connectivity index is 1.30. The van der Waals surface area contributed by atoms with E-state index >= 15 is 0 Å². The molecule has 10 rings (SSSR count). The number of hydrogen-bond acceptors (Lipinski definition) is 1. The highest BCUT2D eigenvalue weighted by molar-refractivity contribution is 7.01. The van der Waals surface area contributed by atoms with E-state index in [0.29, 0.717) is 0 Å². The molecule has 0 fully saturated rings. The third kappa shape index (κ3) is 3.03. The van der Waals surface area contributed by atoms with E-state index in [4.69, 9.17) is 0 Å². The third-order valence-electron chi connectivity index (χ3n) is 9.57. The van der Waals surface area contributed by atoms with Gasteiger partial charge in [-0.05, 0) is 75.3 Å². The Morgan fingerprint density at radius 1 is 0.442 bits per heavy atom. The highest BCUT2D eigenvalue weighted by Crippen LogP contribution is 2.43. The van der Waals surface area contributed by atoms with Gasteiger partial charge in [0.05, 0.1) is 11.0 Å². The number of para-hydroxylation sites is 3. The average molecular weight is 544 g/mol. The number of fused-ring (bicyclic) bond motifs is 10. The van der Waals surface area contributed by atoms with E-state index in [9.17, 15) is 0 Å². The Hall–Kier alpha value is -5.54. The topological polar surface area (TPSA) is 8.17 Å². The van der Waals surface area contributed by atoms with E-state index in [-0.39, 0.29) is 6.71 Å². The van der Waals surface area contributed by atoms with Gasteiger partial charge in [0.1, 0.15) is 0 Å². The Labute approximate surface area is 250 Å². The van der Waals surface area contributed by atoms with Gasteiger partial charge in [-0.1, -0.05) is 115 Å². The van der Waals surface area contributed by atoms with Crippen molar-refractivity contribution in [3.8, 4) is 16.8 Å². The summed E-state index contributed by atoms with van der Waals surface area (Å²) in [6.07, 6.45) is 0. The smallest absolute Gasteiger partial charge is 0.248 e. The average Bonchev–Trinajstić information content (AvgIpc) is 3.60. The molecular weight excluding hydrogens is 519 g/mol. The zero-order chi connectivity index (χ0) is 28.1. The number of hydrogen-bond donors (Lipinski definition) is 0. The molecule has 0 spiro atoms. The Kier molecular flexibility index (Phi) is 4.56. The minimum Gasteiger partial charge on any atom is -0.311 e. The molecule has 2 nitrogen and oxygen atoms in total. The first-order valence-corrected chi connectivity index (χ1v) is 15.0. The van der Waals surface area contributed by atoms with Crippen LogP contribution < -0.4 is 21.3 Å². The summed E-state index contributed by atoms with van der Waals surface area (Å²) in [5.74, 6) is 0. The number of nitrogens with zero attached hydrogens (tertiary/aromatic N) is 2. The van der Waals surface area contributed by atoms with Crippen LogP contribution in [0.2, 0.25) is 0 Å². The standard InChI is InChI=1S/C40H25BN2/c1-2-12-27(13-3-1)42-37-20-10-17-32-39-29-14-5-4-11-26(29)21-23-34(39)41(40(32)37)33-24-22-28(25-38(33)42)43-35-18-8-6-15-30(35)31-16-7-9-19-36(31)43/h1-25H. The molecule has 0 saturated heterocycles. The molecule has 198 valence electrons. The van der Waals surface area contributed by atoms with Gasteiger partial charge in [-0.25, -0.2) is 0 Å². The van der Waals surface area contributed by atoms with Crippen LogP contribution in [0.15, 0.2) is 152 Å². The van der Waals surface area contributed by atoms with Crippen molar-refractivity contribution in [1.29, 1.82) is 0 Å². The van der Waals surface area contributed by atoms with E-state index < -0.39 is 0 Å². The number of aromatic nitrogens is 1. The van der Waals surface area contributed by atoms with E-state index in [1.165, 1.54) is 82.8 Å². The molecule has 0 amide bonds. The molecule has 0 N–H and O–H groups in total. The van der Waals surface area contributed by atoms with Crippen LogP contribution in [0.25, 0.3) is 49.4 Å². The maximum absolute atomic E-state index is 2.48. The summed E-state index contributed by atoms with van der Waals surface area (Å²) in [6, 6.07) is 55.8. The summed E-state index contributed by atoms with van der Waals surface area (Å²) in [6.45, 7) is 0.188. The van der Waals surface area contributed by atoms with Crippen LogP contribution in [0.3, 0.4) is 0 Å². The SMILES string of the molecule is c1ccc(N2c3cc(-n4c5ccccc5c5ccccc54)ccc3B3c4ccc5ccccc5c4-c4cccc2c43)cc1. The Morgan fingerprint density at radius 2 is 1.12 bits per heavy atom. The quantitative estimate of drug-likeness (QED) is 0.199. The number of rotatable bonds is 2. The summed E-state index contributed by atoms with van der Waals surface area (Å²) in [5.41, 5.74) is 14.2. The van der Waals surface area contributed by atoms with Crippen molar-refractivity contribution in [2.75, 3.05) is 4.90 Å². The molecule has 0 atom stereocenters. The largest absolute Gasteiger partial charge is 0.311 e. The number of benzene rings is 7. The van der Waals surface area contributed by atoms with E-state index in [0.717, 1.165) is 0 Å². The molecule has 43 heavy (non-hydrogen) atoms. The lowest BCUT2D eigenvalue weighted by atomic mass is 9.37. The van der Waals surface area contributed by atoms with Gasteiger partial charge in [0.25, 0.3) is 0 Å². The second-order valence-corrected chi connectivity index (χ2v) is 11.7. The maximum atomic E-state index is 2.48. The fourth-order valence-electron chi connectivity index (χ4n) is 7.87. The highest BCUT2D eigenvalue weighted by Gasteiger charge is 2.43.